The van der Waals surface area contributed by atoms with E-state index >= 15 is 4.39 Å². The number of nitrogens with two attached hydrogens (primary N) is 1. The molecule has 4 aromatic heterocycles. The van der Waals surface area contributed by atoms with Crippen LogP contribution in [0.1, 0.15) is 41.0 Å². The molecule has 3 N–H and O–H groups in total. The van der Waals surface area contributed by atoms with E-state index in [-0.39, 0.29) is 50.0 Å². The number of piperidine rings is 1. The zero-order valence-electron chi connectivity index (χ0n) is 33.4. The fourth-order valence-corrected chi connectivity index (χ4v) is 7.90. The molecular formula is C44H41F4N9O4. The van der Waals surface area contributed by atoms with Gasteiger partial charge in [0.05, 0.1) is 30.4 Å². The molecule has 1 aliphatic rings. The highest BCUT2D eigenvalue weighted by atomic mass is 19.4. The zero-order valence-corrected chi connectivity index (χ0v) is 33.4. The van der Waals surface area contributed by atoms with Crippen molar-refractivity contribution in [2.45, 2.75) is 51.4 Å². The lowest BCUT2D eigenvalue weighted by atomic mass is 9.96. The third kappa shape index (κ3) is 8.53. The number of likely N-dealkylation sites (tertiary alicyclic amines) is 1. The molecular weight excluding hydrogens is 795 g/mol. The molecule has 5 heterocycles. The first kappa shape index (κ1) is 40.7. The minimum atomic E-state index is -4.84. The van der Waals surface area contributed by atoms with Crippen LogP contribution in [0.3, 0.4) is 0 Å². The smallest absolute Gasteiger partial charge is 0.471 e. The van der Waals surface area contributed by atoms with E-state index in [0.717, 1.165) is 39.7 Å². The number of pyridine rings is 1. The van der Waals surface area contributed by atoms with Crippen molar-refractivity contribution in [3.63, 3.8) is 0 Å². The molecule has 2 amide bonds. The van der Waals surface area contributed by atoms with Gasteiger partial charge in [0.15, 0.2) is 6.17 Å². The highest BCUT2D eigenvalue weighted by Gasteiger charge is 2.35. The maximum atomic E-state index is 15.8. The Morgan fingerprint density at radius 1 is 1.02 bits per heavy atom. The minimum Gasteiger partial charge on any atom is -0.471 e. The molecule has 0 radical (unpaired) electrons. The Balaban J connectivity index is 1.00. The summed E-state index contributed by atoms with van der Waals surface area (Å²) in [5, 5.41) is 5.85. The number of imidazole rings is 1. The number of carbonyl (C=O) groups excluding carboxylic acids is 2. The lowest BCUT2D eigenvalue weighted by Gasteiger charge is -2.34. The summed E-state index contributed by atoms with van der Waals surface area (Å²) in [5.74, 6) is -1.08. The molecule has 61 heavy (non-hydrogen) atoms. The van der Waals surface area contributed by atoms with Crippen LogP contribution in [0.5, 0.6) is 11.6 Å². The summed E-state index contributed by atoms with van der Waals surface area (Å²) in [7, 11) is 1.81. The van der Waals surface area contributed by atoms with Crippen molar-refractivity contribution in [2.75, 3.05) is 25.4 Å². The SMILES string of the molecule is Cc1c(-c2cccc3ccccc23)c2c(N)ncnc2n1C(C)CNC(=O)c1cc(-c2cn(C)cn2)cnc1OC1CCN(C(=O)Cc2ccc(OC(F)(F)F)cc2)CC1F. The standard InChI is InChI=1S/C44H41F4N9O4/c1-25(57-26(2)38(39-40(49)52-23-53-41(39)57)32-10-6-8-28-7-4-5-9-31(28)32)19-50-42(59)33-18-29(35-22-55(3)24-54-35)20-51-43(33)60-36-15-16-56(21-34(36)45)37(58)17-27-11-13-30(14-12-27)61-44(46,47)48/h4-14,18,20,22-25,34,36H,15-17,19,21H2,1-3H3,(H,50,59)(H2,49,52,53). The second-order valence-corrected chi connectivity index (χ2v) is 15.0. The number of nitrogens with one attached hydrogen (secondary N) is 1. The normalized spacial score (nSPS) is 16.1. The first-order valence-electron chi connectivity index (χ1n) is 19.5. The summed E-state index contributed by atoms with van der Waals surface area (Å²) in [6, 6.07) is 20.4. The maximum absolute atomic E-state index is 15.8. The number of nitrogen functional groups attached to an aromatic ring is 1. The van der Waals surface area contributed by atoms with Gasteiger partial charge >= 0.3 is 6.36 Å². The Bertz CT molecular complexity index is 2750. The van der Waals surface area contributed by atoms with Crippen LogP contribution in [0.15, 0.2) is 97.8 Å². The molecule has 3 unspecified atom stereocenters. The van der Waals surface area contributed by atoms with E-state index in [1.54, 1.807) is 23.2 Å². The molecule has 0 bridgehead atoms. The number of anilines is 1. The van der Waals surface area contributed by atoms with Gasteiger partial charge in [-0.3, -0.25) is 9.59 Å². The van der Waals surface area contributed by atoms with Gasteiger partial charge in [-0.1, -0.05) is 54.6 Å². The number of halogens is 4. The van der Waals surface area contributed by atoms with E-state index in [1.165, 1.54) is 29.6 Å². The number of hydrogen-bond donors (Lipinski definition) is 2. The number of alkyl halides is 4. The van der Waals surface area contributed by atoms with Crippen molar-refractivity contribution < 1.29 is 36.6 Å². The van der Waals surface area contributed by atoms with E-state index in [1.807, 2.05) is 61.9 Å². The molecule has 13 nitrogen and oxygen atoms in total. The summed E-state index contributed by atoms with van der Waals surface area (Å²) in [4.78, 5) is 46.4. The summed E-state index contributed by atoms with van der Waals surface area (Å²) in [6.07, 6.45) is -1.25. The number of aryl methyl sites for hydroxylation is 1. The van der Waals surface area contributed by atoms with Crippen LogP contribution in [0, 0.1) is 6.92 Å². The molecule has 1 fully saturated rings. The van der Waals surface area contributed by atoms with Crippen molar-refractivity contribution in [1.82, 2.24) is 39.3 Å². The maximum Gasteiger partial charge on any atom is 0.573 e. The molecule has 3 aromatic carbocycles. The van der Waals surface area contributed by atoms with Gasteiger partial charge in [0.1, 0.15) is 35.2 Å². The number of amides is 2. The second kappa shape index (κ2) is 16.5. The van der Waals surface area contributed by atoms with Gasteiger partial charge in [0, 0.05) is 61.8 Å². The van der Waals surface area contributed by atoms with Crippen LogP contribution in [0.2, 0.25) is 0 Å². The van der Waals surface area contributed by atoms with E-state index < -0.39 is 36.2 Å². The van der Waals surface area contributed by atoms with Crippen molar-refractivity contribution in [3.8, 4) is 34.0 Å². The molecule has 3 atom stereocenters. The number of ether oxygens (including phenoxy) is 2. The van der Waals surface area contributed by atoms with E-state index in [4.69, 9.17) is 10.5 Å². The zero-order chi connectivity index (χ0) is 43.0. The van der Waals surface area contributed by atoms with Crippen molar-refractivity contribution in [1.29, 1.82) is 0 Å². The summed E-state index contributed by atoms with van der Waals surface area (Å²) >= 11 is 0. The monoisotopic (exact) mass is 835 g/mol. The van der Waals surface area contributed by atoms with Crippen molar-refractivity contribution in [3.05, 3.63) is 115 Å². The summed E-state index contributed by atoms with van der Waals surface area (Å²) < 4.78 is 67.3. The third-order valence-electron chi connectivity index (χ3n) is 10.8. The molecule has 0 spiro atoms. The topological polar surface area (TPSA) is 155 Å². The number of carbonyl (C=O) groups is 2. The highest BCUT2D eigenvalue weighted by Crippen LogP contribution is 2.41. The van der Waals surface area contributed by atoms with Gasteiger partial charge < -0.3 is 34.6 Å². The number of benzene rings is 3. The largest absolute Gasteiger partial charge is 0.573 e. The number of rotatable bonds is 11. The molecule has 1 saturated heterocycles. The minimum absolute atomic E-state index is 0.0658. The van der Waals surface area contributed by atoms with Gasteiger partial charge in [-0.15, -0.1) is 13.2 Å². The fourth-order valence-electron chi connectivity index (χ4n) is 7.90. The van der Waals surface area contributed by atoms with Crippen LogP contribution in [0.4, 0.5) is 23.4 Å². The number of fused-ring (bicyclic) bond motifs is 2. The van der Waals surface area contributed by atoms with Gasteiger partial charge in [-0.2, -0.15) is 0 Å². The van der Waals surface area contributed by atoms with Gasteiger partial charge in [-0.25, -0.2) is 24.3 Å². The lowest BCUT2D eigenvalue weighted by Crippen LogP contribution is -2.49. The molecule has 0 saturated carbocycles. The number of hydrogen-bond acceptors (Lipinski definition) is 9. The Morgan fingerprint density at radius 2 is 1.79 bits per heavy atom. The molecule has 314 valence electrons. The fraction of sp³-hybridized carbons (Fsp3) is 0.273. The van der Waals surface area contributed by atoms with Crippen LogP contribution >= 0.6 is 0 Å². The molecule has 1 aliphatic heterocycles. The van der Waals surface area contributed by atoms with Gasteiger partial charge in [0.2, 0.25) is 11.8 Å². The van der Waals surface area contributed by atoms with E-state index in [2.05, 4.69) is 36.1 Å². The Kier molecular flexibility index (Phi) is 11.0. The predicted octanol–water partition coefficient (Wildman–Crippen LogP) is 7.39. The second-order valence-electron chi connectivity index (χ2n) is 15.0. The average molecular weight is 836 g/mol. The Hall–Kier alpha value is -7.04. The average Bonchev–Trinajstić information content (AvgIpc) is 3.81. The van der Waals surface area contributed by atoms with Crippen LogP contribution in [-0.4, -0.2) is 84.1 Å². The first-order chi connectivity index (χ1) is 29.2. The van der Waals surface area contributed by atoms with E-state index in [0.29, 0.717) is 33.7 Å². The van der Waals surface area contributed by atoms with Crippen molar-refractivity contribution in [2.24, 2.45) is 7.05 Å². The van der Waals surface area contributed by atoms with E-state index in [9.17, 15) is 22.8 Å². The van der Waals surface area contributed by atoms with Crippen LogP contribution in [-0.2, 0) is 18.3 Å². The Morgan fingerprint density at radius 3 is 2.52 bits per heavy atom. The number of nitrogens with zero attached hydrogens (tertiary/aromatic N) is 7. The van der Waals surface area contributed by atoms with Gasteiger partial charge in [-0.05, 0) is 53.9 Å². The summed E-state index contributed by atoms with van der Waals surface area (Å²) in [6.45, 7) is 3.95. The molecule has 8 rings (SSSR count). The quantitative estimate of drug-likeness (QED) is 0.127. The first-order valence-corrected chi connectivity index (χ1v) is 19.5. The molecule has 0 aliphatic carbocycles. The van der Waals surface area contributed by atoms with Crippen LogP contribution in [0.25, 0.3) is 44.2 Å². The Labute approximate surface area is 347 Å². The predicted molar refractivity (Wildman–Crippen MR) is 220 cm³/mol. The van der Waals surface area contributed by atoms with Crippen molar-refractivity contribution >= 4 is 39.4 Å². The van der Waals surface area contributed by atoms with Crippen LogP contribution < -0.4 is 20.5 Å². The number of aromatic nitrogens is 6. The highest BCUT2D eigenvalue weighted by molar-refractivity contribution is 6.09. The molecule has 17 heteroatoms. The summed E-state index contributed by atoms with van der Waals surface area (Å²) in [5.41, 5.74) is 11.5. The van der Waals surface area contributed by atoms with Gasteiger partial charge in [0.25, 0.3) is 5.91 Å². The lowest BCUT2D eigenvalue weighted by molar-refractivity contribution is -0.274. The molecule has 7 aromatic rings. The third-order valence-corrected chi connectivity index (χ3v) is 10.8.